The molecule has 0 atom stereocenters. The van der Waals surface area contributed by atoms with Gasteiger partial charge < -0.3 is 0 Å². The van der Waals surface area contributed by atoms with Gasteiger partial charge in [-0.2, -0.15) is 13.2 Å². The van der Waals surface area contributed by atoms with Crippen LogP contribution in [0.5, 0.6) is 0 Å². The van der Waals surface area contributed by atoms with Crippen molar-refractivity contribution in [2.75, 3.05) is 13.3 Å². The van der Waals surface area contributed by atoms with Gasteiger partial charge in [-0.15, -0.1) is 0 Å². The van der Waals surface area contributed by atoms with Gasteiger partial charge in [0.2, 0.25) is 0 Å². The average Bonchev–Trinajstić information content (AvgIpc) is 2.15. The van der Waals surface area contributed by atoms with Gasteiger partial charge >= 0.3 is 6.18 Å². The van der Waals surface area contributed by atoms with Gasteiger partial charge in [0.1, 0.15) is 0 Å². The Morgan fingerprint density at radius 1 is 1.24 bits per heavy atom. The summed E-state index contributed by atoms with van der Waals surface area (Å²) in [6.45, 7) is 0. The lowest BCUT2D eigenvalue weighted by molar-refractivity contribution is -0.137. The lowest BCUT2D eigenvalue weighted by atomic mass is 10.1. The van der Waals surface area contributed by atoms with Crippen LogP contribution in [0.25, 0.3) is 0 Å². The molecule has 0 aromatic heterocycles. The maximum Gasteiger partial charge on any atom is 0.416 e. The summed E-state index contributed by atoms with van der Waals surface area (Å²) >= 11 is 0. The third-order valence-electron chi connectivity index (χ3n) is 1.96. The van der Waals surface area contributed by atoms with E-state index in [2.05, 4.69) is 4.99 Å². The van der Waals surface area contributed by atoms with E-state index in [1.807, 2.05) is 0 Å². The van der Waals surface area contributed by atoms with E-state index in [-0.39, 0.29) is 10.5 Å². The van der Waals surface area contributed by atoms with Crippen molar-refractivity contribution in [3.8, 4) is 0 Å². The van der Waals surface area contributed by atoms with Gasteiger partial charge in [0.15, 0.2) is 9.84 Å². The summed E-state index contributed by atoms with van der Waals surface area (Å²) in [5.74, 6) is 0. The second-order valence-corrected chi connectivity index (χ2v) is 5.46. The Morgan fingerprint density at radius 3 is 2.24 bits per heavy atom. The number of hydrogen-bond donors (Lipinski definition) is 0. The van der Waals surface area contributed by atoms with Gasteiger partial charge in [0.05, 0.1) is 10.5 Å². The average molecular weight is 265 g/mol. The van der Waals surface area contributed by atoms with Crippen molar-refractivity contribution in [3.63, 3.8) is 0 Å². The van der Waals surface area contributed by atoms with Crippen molar-refractivity contribution in [3.05, 3.63) is 29.3 Å². The van der Waals surface area contributed by atoms with E-state index in [0.29, 0.717) is 6.07 Å². The molecular formula is C10H10F3NO2S. The van der Waals surface area contributed by atoms with E-state index < -0.39 is 21.6 Å². The Morgan fingerprint density at radius 2 is 1.82 bits per heavy atom. The molecule has 0 aliphatic heterocycles. The predicted octanol–water partition coefficient (Wildman–Crippen LogP) is 2.16. The second-order valence-electron chi connectivity index (χ2n) is 3.45. The van der Waals surface area contributed by atoms with Crippen LogP contribution in [0.1, 0.15) is 11.1 Å². The first kappa shape index (κ1) is 13.7. The van der Waals surface area contributed by atoms with Gasteiger partial charge in [0, 0.05) is 19.5 Å². The van der Waals surface area contributed by atoms with Gasteiger partial charge in [-0.3, -0.25) is 4.99 Å². The Bertz CT molecular complexity index is 547. The molecule has 3 nitrogen and oxygen atoms in total. The Kier molecular flexibility index (Phi) is 3.61. The molecule has 1 rings (SSSR count). The molecule has 7 heteroatoms. The monoisotopic (exact) mass is 265 g/mol. The largest absolute Gasteiger partial charge is 0.416 e. The van der Waals surface area contributed by atoms with Crippen LogP contribution in [-0.4, -0.2) is 27.9 Å². The normalized spacial score (nSPS) is 13.2. The molecule has 1 aromatic rings. The third kappa shape index (κ3) is 3.55. The molecule has 0 heterocycles. The van der Waals surface area contributed by atoms with E-state index in [9.17, 15) is 21.6 Å². The van der Waals surface area contributed by atoms with Crippen molar-refractivity contribution >= 4 is 16.1 Å². The minimum Gasteiger partial charge on any atom is -0.296 e. The molecule has 17 heavy (non-hydrogen) atoms. The second kappa shape index (κ2) is 4.48. The number of rotatable bonds is 2. The first-order valence-electron chi connectivity index (χ1n) is 4.49. The molecule has 0 saturated carbocycles. The number of hydrogen-bond acceptors (Lipinski definition) is 3. The molecule has 0 aliphatic rings. The Hall–Kier alpha value is -1.37. The van der Waals surface area contributed by atoms with E-state index in [1.165, 1.54) is 13.3 Å². The highest BCUT2D eigenvalue weighted by molar-refractivity contribution is 7.90. The molecule has 0 radical (unpaired) electrons. The highest BCUT2D eigenvalue weighted by Gasteiger charge is 2.31. The smallest absolute Gasteiger partial charge is 0.296 e. The molecule has 0 unspecified atom stereocenters. The zero-order valence-corrected chi connectivity index (χ0v) is 9.93. The standard InChI is InChI=1S/C10H10F3NO2S/c1-14-6-7-3-8(10(11,12)13)5-9(4-7)17(2,15)16/h3-6H,1-2H3. The van der Waals surface area contributed by atoms with Crippen LogP contribution in [0.3, 0.4) is 0 Å². The number of alkyl halides is 3. The Labute approximate surface area is 96.9 Å². The number of benzene rings is 1. The van der Waals surface area contributed by atoms with E-state index in [0.717, 1.165) is 18.4 Å². The molecule has 94 valence electrons. The van der Waals surface area contributed by atoms with Crippen molar-refractivity contribution in [1.82, 2.24) is 0 Å². The lowest BCUT2D eigenvalue weighted by Crippen LogP contribution is -2.08. The van der Waals surface area contributed by atoms with Crippen LogP contribution in [0.2, 0.25) is 0 Å². The maximum atomic E-state index is 12.5. The van der Waals surface area contributed by atoms with E-state index >= 15 is 0 Å². The molecular weight excluding hydrogens is 255 g/mol. The summed E-state index contributed by atoms with van der Waals surface area (Å²) in [6.07, 6.45) is -2.56. The lowest BCUT2D eigenvalue weighted by Gasteiger charge is -2.09. The molecule has 1 aromatic carbocycles. The number of aliphatic imine (C=N–C) groups is 1. The first-order chi connectivity index (χ1) is 7.64. The van der Waals surface area contributed by atoms with E-state index in [4.69, 9.17) is 0 Å². The van der Waals surface area contributed by atoms with Crippen LogP contribution in [-0.2, 0) is 16.0 Å². The molecule has 0 saturated heterocycles. The fraction of sp³-hybridized carbons (Fsp3) is 0.300. The fourth-order valence-corrected chi connectivity index (χ4v) is 1.91. The van der Waals surface area contributed by atoms with Crippen molar-refractivity contribution in [1.29, 1.82) is 0 Å². The van der Waals surface area contributed by atoms with Crippen LogP contribution >= 0.6 is 0 Å². The van der Waals surface area contributed by atoms with Crippen LogP contribution in [0, 0.1) is 0 Å². The van der Waals surface area contributed by atoms with Gasteiger partial charge in [-0.05, 0) is 23.8 Å². The summed E-state index contributed by atoms with van der Waals surface area (Å²) in [7, 11) is -2.30. The summed E-state index contributed by atoms with van der Waals surface area (Å²) in [5.41, 5.74) is -0.905. The minimum absolute atomic E-state index is 0.0998. The van der Waals surface area contributed by atoms with E-state index in [1.54, 1.807) is 0 Å². The van der Waals surface area contributed by atoms with Crippen molar-refractivity contribution < 1.29 is 21.6 Å². The molecule has 0 aliphatic carbocycles. The summed E-state index contributed by atoms with van der Waals surface area (Å²) in [6, 6.07) is 2.61. The quantitative estimate of drug-likeness (QED) is 0.769. The topological polar surface area (TPSA) is 46.5 Å². The molecule has 0 N–H and O–H groups in total. The van der Waals surface area contributed by atoms with Gasteiger partial charge in [-0.1, -0.05) is 0 Å². The number of nitrogens with zero attached hydrogens (tertiary/aromatic N) is 1. The Balaban J connectivity index is 3.50. The molecule has 0 bridgehead atoms. The summed E-state index contributed by atoms with van der Waals surface area (Å²) < 4.78 is 60.1. The predicted molar refractivity (Wildman–Crippen MR) is 58.1 cm³/mol. The number of sulfone groups is 1. The summed E-state index contributed by atoms with van der Waals surface area (Å²) in [4.78, 5) is 3.19. The highest BCUT2D eigenvalue weighted by Crippen LogP contribution is 2.31. The fourth-order valence-electron chi connectivity index (χ4n) is 1.22. The maximum absolute atomic E-state index is 12.5. The third-order valence-corrected chi connectivity index (χ3v) is 3.05. The SMILES string of the molecule is CN=Cc1cc(C(F)(F)F)cc(S(C)(=O)=O)c1. The zero-order valence-electron chi connectivity index (χ0n) is 9.12. The van der Waals surface area contributed by atoms with Crippen LogP contribution < -0.4 is 0 Å². The van der Waals surface area contributed by atoms with Gasteiger partial charge in [0.25, 0.3) is 0 Å². The molecule has 0 spiro atoms. The number of halogens is 3. The van der Waals surface area contributed by atoms with Crippen molar-refractivity contribution in [2.45, 2.75) is 11.1 Å². The van der Waals surface area contributed by atoms with Crippen molar-refractivity contribution in [2.24, 2.45) is 4.99 Å². The van der Waals surface area contributed by atoms with Gasteiger partial charge in [-0.25, -0.2) is 8.42 Å². The molecule has 0 fully saturated rings. The van der Waals surface area contributed by atoms with Crippen LogP contribution in [0.4, 0.5) is 13.2 Å². The first-order valence-corrected chi connectivity index (χ1v) is 6.38. The highest BCUT2D eigenvalue weighted by atomic mass is 32.2. The zero-order chi connectivity index (χ0) is 13.3. The summed E-state index contributed by atoms with van der Waals surface area (Å²) in [5, 5.41) is 0. The molecule has 0 amide bonds. The van der Waals surface area contributed by atoms with Crippen LogP contribution in [0.15, 0.2) is 28.1 Å². The minimum atomic E-state index is -4.59.